The number of carbonyl (C=O) groups excluding carboxylic acids is 1. The van der Waals surface area contributed by atoms with Gasteiger partial charge < -0.3 is 15.2 Å². The summed E-state index contributed by atoms with van der Waals surface area (Å²) >= 11 is 0. The van der Waals surface area contributed by atoms with E-state index in [1.54, 1.807) is 13.0 Å². The van der Waals surface area contributed by atoms with Crippen molar-refractivity contribution in [2.24, 2.45) is 0 Å². The highest BCUT2D eigenvalue weighted by Crippen LogP contribution is 2.11. The topological polar surface area (TPSA) is 58.6 Å². The largest absolute Gasteiger partial charge is 0.466 e. The Bertz CT molecular complexity index is 401. The van der Waals surface area contributed by atoms with Crippen LogP contribution in [0.4, 0.5) is 0 Å². The number of hydrogen-bond acceptors (Lipinski definition) is 4. The number of esters is 1. The SMILES string of the molecule is COC(=O)/C(C)=C/CNC(CO)c1ccccc1. The molecule has 1 rings (SSSR count). The third-order valence-electron chi connectivity index (χ3n) is 2.66. The molecule has 1 aromatic rings. The van der Waals surface area contributed by atoms with Crippen molar-refractivity contribution in [1.29, 1.82) is 0 Å². The minimum atomic E-state index is -0.336. The summed E-state index contributed by atoms with van der Waals surface area (Å²) in [4.78, 5) is 11.2. The Balaban J connectivity index is 2.54. The molecule has 98 valence electrons. The predicted octanol–water partition coefficient (Wildman–Crippen LogP) is 1.43. The number of hydrogen-bond donors (Lipinski definition) is 2. The highest BCUT2D eigenvalue weighted by Gasteiger charge is 2.08. The summed E-state index contributed by atoms with van der Waals surface area (Å²) in [7, 11) is 1.35. The van der Waals surface area contributed by atoms with Crippen LogP contribution in [0.1, 0.15) is 18.5 Å². The highest BCUT2D eigenvalue weighted by atomic mass is 16.5. The molecule has 0 aliphatic carbocycles. The monoisotopic (exact) mass is 249 g/mol. The summed E-state index contributed by atoms with van der Waals surface area (Å²) in [6.07, 6.45) is 1.75. The molecule has 4 heteroatoms. The van der Waals surface area contributed by atoms with Gasteiger partial charge in [-0.2, -0.15) is 0 Å². The Kier molecular flexibility index (Phi) is 6.11. The summed E-state index contributed by atoms with van der Waals surface area (Å²) in [5, 5.41) is 12.5. The first-order valence-corrected chi connectivity index (χ1v) is 5.83. The highest BCUT2D eigenvalue weighted by molar-refractivity contribution is 5.87. The molecule has 0 aliphatic heterocycles. The number of aliphatic hydroxyl groups excluding tert-OH is 1. The second kappa shape index (κ2) is 7.63. The van der Waals surface area contributed by atoms with E-state index in [1.807, 2.05) is 30.3 Å². The van der Waals surface area contributed by atoms with Crippen LogP contribution in [-0.2, 0) is 9.53 Å². The van der Waals surface area contributed by atoms with E-state index in [4.69, 9.17) is 0 Å². The summed E-state index contributed by atoms with van der Waals surface area (Å²) in [5.41, 5.74) is 1.57. The van der Waals surface area contributed by atoms with Crippen molar-refractivity contribution in [3.63, 3.8) is 0 Å². The van der Waals surface area contributed by atoms with Gasteiger partial charge in [-0.25, -0.2) is 4.79 Å². The summed E-state index contributed by atoms with van der Waals surface area (Å²) in [6, 6.07) is 9.55. The van der Waals surface area contributed by atoms with E-state index in [-0.39, 0.29) is 18.6 Å². The molecule has 0 fully saturated rings. The van der Waals surface area contributed by atoms with Crippen LogP contribution in [0.15, 0.2) is 42.0 Å². The van der Waals surface area contributed by atoms with Crippen LogP contribution in [0.5, 0.6) is 0 Å². The van der Waals surface area contributed by atoms with Crippen molar-refractivity contribution < 1.29 is 14.6 Å². The fourth-order valence-corrected chi connectivity index (χ4v) is 1.57. The van der Waals surface area contributed by atoms with Gasteiger partial charge in [-0.3, -0.25) is 0 Å². The molecule has 0 saturated carbocycles. The first-order valence-electron chi connectivity index (χ1n) is 5.83. The van der Waals surface area contributed by atoms with Crippen LogP contribution in [0.25, 0.3) is 0 Å². The fraction of sp³-hybridized carbons (Fsp3) is 0.357. The van der Waals surface area contributed by atoms with E-state index in [0.717, 1.165) is 5.56 Å². The molecule has 2 N–H and O–H groups in total. The van der Waals surface area contributed by atoms with Crippen LogP contribution in [-0.4, -0.2) is 31.3 Å². The number of aliphatic hydroxyl groups is 1. The number of carbonyl (C=O) groups is 1. The van der Waals surface area contributed by atoms with Crippen molar-refractivity contribution in [2.45, 2.75) is 13.0 Å². The van der Waals surface area contributed by atoms with Gasteiger partial charge in [0, 0.05) is 12.1 Å². The molecule has 0 spiro atoms. The molecule has 0 aliphatic rings. The van der Waals surface area contributed by atoms with E-state index in [1.165, 1.54) is 7.11 Å². The molecule has 0 heterocycles. The van der Waals surface area contributed by atoms with Gasteiger partial charge in [0.1, 0.15) is 0 Å². The Morgan fingerprint density at radius 2 is 2.11 bits per heavy atom. The Morgan fingerprint density at radius 1 is 1.44 bits per heavy atom. The lowest BCUT2D eigenvalue weighted by atomic mass is 10.1. The Labute approximate surface area is 107 Å². The van der Waals surface area contributed by atoms with Crippen molar-refractivity contribution in [3.8, 4) is 0 Å². The van der Waals surface area contributed by atoms with Gasteiger partial charge in [0.15, 0.2) is 0 Å². The van der Waals surface area contributed by atoms with Gasteiger partial charge in [0.05, 0.1) is 19.8 Å². The molecule has 4 nitrogen and oxygen atoms in total. The fourth-order valence-electron chi connectivity index (χ4n) is 1.57. The first-order chi connectivity index (χ1) is 8.69. The minimum absolute atomic E-state index is 0.00905. The standard InChI is InChI=1S/C14H19NO3/c1-11(14(17)18-2)8-9-15-13(10-16)12-6-4-3-5-7-12/h3-8,13,15-16H,9-10H2,1-2H3/b11-8+. The number of nitrogens with one attached hydrogen (secondary N) is 1. The van der Waals surface area contributed by atoms with Gasteiger partial charge in [0.2, 0.25) is 0 Å². The average molecular weight is 249 g/mol. The molecule has 0 bridgehead atoms. The molecule has 18 heavy (non-hydrogen) atoms. The quantitative estimate of drug-likeness (QED) is 0.591. The van der Waals surface area contributed by atoms with Gasteiger partial charge in [-0.15, -0.1) is 0 Å². The molecular weight excluding hydrogens is 230 g/mol. The van der Waals surface area contributed by atoms with Crippen LogP contribution >= 0.6 is 0 Å². The van der Waals surface area contributed by atoms with Gasteiger partial charge in [-0.1, -0.05) is 36.4 Å². The van der Waals surface area contributed by atoms with Crippen LogP contribution < -0.4 is 5.32 Å². The van der Waals surface area contributed by atoms with Gasteiger partial charge in [-0.05, 0) is 12.5 Å². The molecule has 0 saturated heterocycles. The number of methoxy groups -OCH3 is 1. The summed E-state index contributed by atoms with van der Waals surface area (Å²) in [5.74, 6) is -0.336. The van der Waals surface area contributed by atoms with Crippen molar-refractivity contribution in [2.75, 3.05) is 20.3 Å². The van der Waals surface area contributed by atoms with E-state index in [2.05, 4.69) is 10.1 Å². The zero-order valence-electron chi connectivity index (χ0n) is 10.7. The first kappa shape index (κ1) is 14.4. The zero-order chi connectivity index (χ0) is 13.4. The second-order valence-electron chi connectivity index (χ2n) is 3.93. The maximum absolute atomic E-state index is 11.2. The molecule has 0 aromatic heterocycles. The number of rotatable bonds is 6. The maximum atomic E-state index is 11.2. The van der Waals surface area contributed by atoms with E-state index in [0.29, 0.717) is 12.1 Å². The van der Waals surface area contributed by atoms with E-state index >= 15 is 0 Å². The lowest BCUT2D eigenvalue weighted by Gasteiger charge is -2.15. The molecule has 1 unspecified atom stereocenters. The lowest BCUT2D eigenvalue weighted by molar-refractivity contribution is -0.136. The third kappa shape index (κ3) is 4.31. The molecule has 0 radical (unpaired) electrons. The maximum Gasteiger partial charge on any atom is 0.333 e. The smallest absolute Gasteiger partial charge is 0.333 e. The van der Waals surface area contributed by atoms with Gasteiger partial charge in [0.25, 0.3) is 0 Å². The second-order valence-corrected chi connectivity index (χ2v) is 3.93. The normalized spacial score (nSPS) is 13.2. The van der Waals surface area contributed by atoms with Crippen molar-refractivity contribution in [1.82, 2.24) is 5.32 Å². The van der Waals surface area contributed by atoms with Gasteiger partial charge >= 0.3 is 5.97 Å². The molecule has 1 aromatic carbocycles. The number of ether oxygens (including phenoxy) is 1. The number of benzene rings is 1. The summed E-state index contributed by atoms with van der Waals surface area (Å²) in [6.45, 7) is 2.21. The summed E-state index contributed by atoms with van der Waals surface area (Å²) < 4.78 is 4.60. The van der Waals surface area contributed by atoms with E-state index < -0.39 is 0 Å². The predicted molar refractivity (Wildman–Crippen MR) is 70.0 cm³/mol. The van der Waals surface area contributed by atoms with Crippen LogP contribution in [0, 0.1) is 0 Å². The van der Waals surface area contributed by atoms with Crippen molar-refractivity contribution in [3.05, 3.63) is 47.5 Å². The lowest BCUT2D eigenvalue weighted by Crippen LogP contribution is -2.24. The average Bonchev–Trinajstić information content (AvgIpc) is 2.43. The van der Waals surface area contributed by atoms with E-state index in [9.17, 15) is 9.90 Å². The van der Waals surface area contributed by atoms with Crippen molar-refractivity contribution >= 4 is 5.97 Å². The Morgan fingerprint density at radius 3 is 2.67 bits per heavy atom. The zero-order valence-corrected chi connectivity index (χ0v) is 10.7. The minimum Gasteiger partial charge on any atom is -0.466 e. The van der Waals surface area contributed by atoms with Crippen LogP contribution in [0.3, 0.4) is 0 Å². The Hall–Kier alpha value is -1.65. The molecular formula is C14H19NO3. The van der Waals surface area contributed by atoms with Crippen LogP contribution in [0.2, 0.25) is 0 Å². The third-order valence-corrected chi connectivity index (χ3v) is 2.66. The molecule has 0 amide bonds. The molecule has 1 atom stereocenters.